The zero-order valence-corrected chi connectivity index (χ0v) is 12.5. The minimum atomic E-state index is 0.766. The third kappa shape index (κ3) is 2.61. The first-order chi connectivity index (χ1) is 8.61. The standard InChI is InChI=1S/C17H31N/c1-12(2)15-7-4-13(3)10-16(15)18-11-17(8-9-17)14-5-6-14/h12-16,18H,4-11H2,1-3H3. The molecule has 0 spiro atoms. The summed E-state index contributed by atoms with van der Waals surface area (Å²) in [6, 6.07) is 0.810. The molecule has 1 nitrogen and oxygen atoms in total. The smallest absolute Gasteiger partial charge is 0.0100 e. The Bertz CT molecular complexity index is 288. The molecule has 3 rings (SSSR count). The van der Waals surface area contributed by atoms with Crippen molar-refractivity contribution in [3.05, 3.63) is 0 Å². The van der Waals surface area contributed by atoms with Gasteiger partial charge in [-0.2, -0.15) is 0 Å². The Morgan fingerprint density at radius 3 is 2.39 bits per heavy atom. The number of rotatable bonds is 5. The van der Waals surface area contributed by atoms with Crippen LogP contribution in [0.3, 0.4) is 0 Å². The predicted molar refractivity (Wildman–Crippen MR) is 77.5 cm³/mol. The van der Waals surface area contributed by atoms with Crippen LogP contribution < -0.4 is 5.32 Å². The lowest BCUT2D eigenvalue weighted by Gasteiger charge is -2.39. The van der Waals surface area contributed by atoms with Crippen LogP contribution in [0.5, 0.6) is 0 Å². The Balaban J connectivity index is 1.55. The molecule has 104 valence electrons. The minimum Gasteiger partial charge on any atom is -0.313 e. The van der Waals surface area contributed by atoms with Crippen LogP contribution in [-0.4, -0.2) is 12.6 Å². The summed E-state index contributed by atoms with van der Waals surface area (Å²) in [6.07, 6.45) is 10.4. The van der Waals surface area contributed by atoms with E-state index in [1.54, 1.807) is 0 Å². The zero-order valence-electron chi connectivity index (χ0n) is 12.5. The molecule has 3 saturated carbocycles. The van der Waals surface area contributed by atoms with Crippen molar-refractivity contribution in [3.8, 4) is 0 Å². The molecule has 1 heteroatoms. The molecule has 0 amide bonds. The van der Waals surface area contributed by atoms with Crippen LogP contribution in [-0.2, 0) is 0 Å². The molecule has 18 heavy (non-hydrogen) atoms. The molecule has 3 aliphatic carbocycles. The summed E-state index contributed by atoms with van der Waals surface area (Å²) in [5.74, 6) is 3.82. The van der Waals surface area contributed by atoms with Gasteiger partial charge in [-0.05, 0) is 67.6 Å². The molecule has 0 aromatic carbocycles. The maximum Gasteiger partial charge on any atom is 0.0100 e. The van der Waals surface area contributed by atoms with Gasteiger partial charge in [-0.1, -0.05) is 27.2 Å². The molecule has 3 unspecified atom stereocenters. The van der Waals surface area contributed by atoms with E-state index in [9.17, 15) is 0 Å². The van der Waals surface area contributed by atoms with Crippen LogP contribution in [0.15, 0.2) is 0 Å². The molecule has 0 saturated heterocycles. The quantitative estimate of drug-likeness (QED) is 0.769. The molecule has 0 radical (unpaired) electrons. The summed E-state index contributed by atoms with van der Waals surface area (Å²) < 4.78 is 0. The summed E-state index contributed by atoms with van der Waals surface area (Å²) in [5, 5.41) is 4.01. The lowest BCUT2D eigenvalue weighted by molar-refractivity contribution is 0.161. The fraction of sp³-hybridized carbons (Fsp3) is 1.00. The van der Waals surface area contributed by atoms with E-state index in [0.717, 1.165) is 35.1 Å². The van der Waals surface area contributed by atoms with Crippen molar-refractivity contribution in [1.29, 1.82) is 0 Å². The normalized spacial score (nSPS) is 39.0. The van der Waals surface area contributed by atoms with Gasteiger partial charge in [0.05, 0.1) is 0 Å². The summed E-state index contributed by atoms with van der Waals surface area (Å²) in [4.78, 5) is 0. The molecule has 3 fully saturated rings. The zero-order chi connectivity index (χ0) is 12.8. The van der Waals surface area contributed by atoms with E-state index in [0.29, 0.717) is 0 Å². The van der Waals surface area contributed by atoms with Gasteiger partial charge in [-0.25, -0.2) is 0 Å². The number of hydrogen-bond donors (Lipinski definition) is 1. The third-order valence-electron chi connectivity index (χ3n) is 6.07. The van der Waals surface area contributed by atoms with Crippen molar-refractivity contribution in [2.75, 3.05) is 6.54 Å². The van der Waals surface area contributed by atoms with Gasteiger partial charge in [-0.15, -0.1) is 0 Å². The van der Waals surface area contributed by atoms with Gasteiger partial charge in [0.15, 0.2) is 0 Å². The van der Waals surface area contributed by atoms with E-state index >= 15 is 0 Å². The van der Waals surface area contributed by atoms with E-state index in [2.05, 4.69) is 26.1 Å². The Morgan fingerprint density at radius 2 is 1.83 bits per heavy atom. The van der Waals surface area contributed by atoms with Crippen LogP contribution in [0.1, 0.15) is 65.7 Å². The average molecular weight is 249 g/mol. The maximum atomic E-state index is 4.01. The molecule has 0 bridgehead atoms. The fourth-order valence-corrected chi connectivity index (χ4v) is 4.36. The third-order valence-corrected chi connectivity index (χ3v) is 6.07. The molecule has 3 atom stereocenters. The first kappa shape index (κ1) is 13.0. The number of nitrogens with one attached hydrogen (secondary N) is 1. The van der Waals surface area contributed by atoms with Crippen molar-refractivity contribution in [3.63, 3.8) is 0 Å². The molecule has 0 aliphatic heterocycles. The van der Waals surface area contributed by atoms with Crippen molar-refractivity contribution in [2.45, 2.75) is 71.8 Å². The highest BCUT2D eigenvalue weighted by Crippen LogP contribution is 2.61. The molecular formula is C17H31N. The lowest BCUT2D eigenvalue weighted by atomic mass is 9.74. The summed E-state index contributed by atoms with van der Waals surface area (Å²) in [5.41, 5.74) is 0.766. The Kier molecular flexibility index (Phi) is 3.47. The first-order valence-electron chi connectivity index (χ1n) is 8.34. The van der Waals surface area contributed by atoms with Gasteiger partial charge in [0, 0.05) is 12.6 Å². The molecule has 3 aliphatic rings. The van der Waals surface area contributed by atoms with Crippen LogP contribution >= 0.6 is 0 Å². The summed E-state index contributed by atoms with van der Waals surface area (Å²) in [6.45, 7) is 8.61. The van der Waals surface area contributed by atoms with Gasteiger partial charge in [-0.3, -0.25) is 0 Å². The van der Waals surface area contributed by atoms with Gasteiger partial charge >= 0.3 is 0 Å². The van der Waals surface area contributed by atoms with Gasteiger partial charge < -0.3 is 5.32 Å². The topological polar surface area (TPSA) is 12.0 Å². The van der Waals surface area contributed by atoms with Crippen molar-refractivity contribution in [2.24, 2.45) is 29.1 Å². The highest BCUT2D eigenvalue weighted by atomic mass is 15.0. The van der Waals surface area contributed by atoms with Crippen LogP contribution in [0.25, 0.3) is 0 Å². The molecule has 1 N–H and O–H groups in total. The first-order valence-corrected chi connectivity index (χ1v) is 8.34. The van der Waals surface area contributed by atoms with E-state index in [-0.39, 0.29) is 0 Å². The largest absolute Gasteiger partial charge is 0.313 e. The average Bonchev–Trinajstić information content (AvgIpc) is 3.18. The second kappa shape index (κ2) is 4.81. The highest BCUT2D eigenvalue weighted by molar-refractivity contribution is 5.05. The van der Waals surface area contributed by atoms with E-state index in [1.165, 1.54) is 51.5 Å². The van der Waals surface area contributed by atoms with E-state index in [1.807, 2.05) is 0 Å². The van der Waals surface area contributed by atoms with Gasteiger partial charge in [0.2, 0.25) is 0 Å². The molecular weight excluding hydrogens is 218 g/mol. The van der Waals surface area contributed by atoms with Crippen LogP contribution in [0, 0.1) is 29.1 Å². The van der Waals surface area contributed by atoms with E-state index < -0.39 is 0 Å². The van der Waals surface area contributed by atoms with Crippen LogP contribution in [0.4, 0.5) is 0 Å². The minimum absolute atomic E-state index is 0.766. The molecule has 0 aromatic rings. The predicted octanol–water partition coefficient (Wildman–Crippen LogP) is 4.23. The molecule has 0 aromatic heterocycles. The SMILES string of the molecule is CC1CCC(C(C)C)C(NCC2(C3CC3)CC2)C1. The van der Waals surface area contributed by atoms with Gasteiger partial charge in [0.1, 0.15) is 0 Å². The Labute approximate surface area is 113 Å². The Hall–Kier alpha value is -0.0400. The fourth-order valence-electron chi connectivity index (χ4n) is 4.36. The second-order valence-electron chi connectivity index (χ2n) is 7.95. The monoisotopic (exact) mass is 249 g/mol. The maximum absolute atomic E-state index is 4.01. The highest BCUT2D eigenvalue weighted by Gasteiger charge is 2.53. The van der Waals surface area contributed by atoms with Crippen molar-refractivity contribution < 1.29 is 0 Å². The van der Waals surface area contributed by atoms with Crippen LogP contribution in [0.2, 0.25) is 0 Å². The molecule has 0 heterocycles. The Morgan fingerprint density at radius 1 is 1.11 bits per heavy atom. The summed E-state index contributed by atoms with van der Waals surface area (Å²) >= 11 is 0. The van der Waals surface area contributed by atoms with Crippen molar-refractivity contribution >= 4 is 0 Å². The summed E-state index contributed by atoms with van der Waals surface area (Å²) in [7, 11) is 0. The van der Waals surface area contributed by atoms with E-state index in [4.69, 9.17) is 0 Å². The second-order valence-corrected chi connectivity index (χ2v) is 7.95. The lowest BCUT2D eigenvalue weighted by Crippen LogP contribution is -2.45. The van der Waals surface area contributed by atoms with Gasteiger partial charge in [0.25, 0.3) is 0 Å². The van der Waals surface area contributed by atoms with Crippen molar-refractivity contribution in [1.82, 2.24) is 5.32 Å². The number of hydrogen-bond acceptors (Lipinski definition) is 1.